The number of nitrogens with zero attached hydrogens (tertiary/aromatic N) is 1. The summed E-state index contributed by atoms with van der Waals surface area (Å²) in [6.07, 6.45) is 0.122. The fourth-order valence-corrected chi connectivity index (χ4v) is 3.11. The zero-order valence-corrected chi connectivity index (χ0v) is 15.2. The standard InChI is InChI=1S/C22H21NO4/c1-2-27-20(24)14-19-18(13-16-9-5-3-6-10-16)21(25)23(22(19)26)15-17-11-7-4-8-12-17/h3-12H,2,13-15H2,1H3. The maximum absolute atomic E-state index is 13.0. The molecule has 0 bridgehead atoms. The Bertz CT molecular complexity index is 872. The molecule has 0 saturated carbocycles. The molecule has 0 fully saturated rings. The van der Waals surface area contributed by atoms with Crippen molar-refractivity contribution in [3.63, 3.8) is 0 Å². The maximum Gasteiger partial charge on any atom is 0.310 e. The van der Waals surface area contributed by atoms with E-state index in [9.17, 15) is 14.4 Å². The van der Waals surface area contributed by atoms with Crippen molar-refractivity contribution in [2.75, 3.05) is 6.61 Å². The van der Waals surface area contributed by atoms with E-state index in [2.05, 4.69) is 0 Å². The summed E-state index contributed by atoms with van der Waals surface area (Å²) in [5.74, 6) is -1.25. The van der Waals surface area contributed by atoms with E-state index in [0.29, 0.717) is 12.0 Å². The summed E-state index contributed by atoms with van der Waals surface area (Å²) in [7, 11) is 0. The molecule has 138 valence electrons. The molecule has 0 atom stereocenters. The van der Waals surface area contributed by atoms with Gasteiger partial charge in [-0.1, -0.05) is 60.7 Å². The van der Waals surface area contributed by atoms with Crippen LogP contribution in [0.25, 0.3) is 0 Å². The van der Waals surface area contributed by atoms with E-state index >= 15 is 0 Å². The van der Waals surface area contributed by atoms with Crippen molar-refractivity contribution in [3.8, 4) is 0 Å². The summed E-state index contributed by atoms with van der Waals surface area (Å²) in [4.78, 5) is 39.1. The SMILES string of the molecule is CCOC(=O)CC1=C(Cc2ccccc2)C(=O)N(Cc2ccccc2)C1=O. The Morgan fingerprint density at radius 2 is 1.41 bits per heavy atom. The number of hydrogen-bond acceptors (Lipinski definition) is 4. The predicted molar refractivity (Wildman–Crippen MR) is 100 cm³/mol. The summed E-state index contributed by atoms with van der Waals surface area (Å²) >= 11 is 0. The second kappa shape index (κ2) is 8.45. The van der Waals surface area contributed by atoms with E-state index in [1.165, 1.54) is 4.90 Å². The molecule has 2 aromatic carbocycles. The van der Waals surface area contributed by atoms with Crippen LogP contribution in [-0.2, 0) is 32.1 Å². The first-order valence-corrected chi connectivity index (χ1v) is 8.91. The van der Waals surface area contributed by atoms with Crippen LogP contribution < -0.4 is 0 Å². The summed E-state index contributed by atoms with van der Waals surface area (Å²) in [5.41, 5.74) is 2.38. The van der Waals surface area contributed by atoms with E-state index < -0.39 is 11.9 Å². The highest BCUT2D eigenvalue weighted by atomic mass is 16.5. The Morgan fingerprint density at radius 3 is 2.00 bits per heavy atom. The van der Waals surface area contributed by atoms with Crippen molar-refractivity contribution >= 4 is 17.8 Å². The lowest BCUT2D eigenvalue weighted by molar-refractivity contribution is -0.144. The smallest absolute Gasteiger partial charge is 0.310 e. The van der Waals surface area contributed by atoms with Crippen LogP contribution in [0.5, 0.6) is 0 Å². The van der Waals surface area contributed by atoms with Gasteiger partial charge in [-0.05, 0) is 18.1 Å². The van der Waals surface area contributed by atoms with E-state index in [0.717, 1.165) is 11.1 Å². The van der Waals surface area contributed by atoms with Gasteiger partial charge in [0.25, 0.3) is 11.8 Å². The molecular weight excluding hydrogens is 342 g/mol. The minimum absolute atomic E-state index is 0.184. The molecule has 0 spiro atoms. The van der Waals surface area contributed by atoms with Crippen molar-refractivity contribution < 1.29 is 19.1 Å². The molecule has 3 rings (SSSR count). The number of esters is 1. The average molecular weight is 363 g/mol. The Morgan fingerprint density at radius 1 is 0.852 bits per heavy atom. The molecule has 0 N–H and O–H groups in total. The van der Waals surface area contributed by atoms with Crippen molar-refractivity contribution in [3.05, 3.63) is 82.9 Å². The summed E-state index contributed by atoms with van der Waals surface area (Å²) in [5, 5.41) is 0. The minimum Gasteiger partial charge on any atom is -0.466 e. The summed E-state index contributed by atoms with van der Waals surface area (Å²) < 4.78 is 4.98. The number of carbonyl (C=O) groups excluding carboxylic acids is 3. The highest BCUT2D eigenvalue weighted by Gasteiger charge is 2.38. The molecule has 5 heteroatoms. The predicted octanol–water partition coefficient (Wildman–Crippen LogP) is 3.05. The highest BCUT2D eigenvalue weighted by Crippen LogP contribution is 2.28. The molecule has 2 amide bonds. The summed E-state index contributed by atoms with van der Waals surface area (Å²) in [6.45, 7) is 2.12. The molecule has 0 aromatic heterocycles. The van der Waals surface area contributed by atoms with Crippen molar-refractivity contribution in [2.45, 2.75) is 26.3 Å². The number of ether oxygens (including phenoxy) is 1. The number of benzene rings is 2. The second-order valence-electron chi connectivity index (χ2n) is 6.28. The first-order chi connectivity index (χ1) is 13.1. The van der Waals surface area contributed by atoms with Crippen LogP contribution >= 0.6 is 0 Å². The lowest BCUT2D eigenvalue weighted by Crippen LogP contribution is -2.31. The molecule has 0 saturated heterocycles. The van der Waals surface area contributed by atoms with Gasteiger partial charge in [-0.15, -0.1) is 0 Å². The Balaban J connectivity index is 1.89. The van der Waals surface area contributed by atoms with Crippen LogP contribution in [0.4, 0.5) is 0 Å². The van der Waals surface area contributed by atoms with E-state index in [-0.39, 0.29) is 31.1 Å². The second-order valence-corrected chi connectivity index (χ2v) is 6.28. The molecular formula is C22H21NO4. The number of hydrogen-bond donors (Lipinski definition) is 0. The van der Waals surface area contributed by atoms with Gasteiger partial charge in [0, 0.05) is 17.6 Å². The van der Waals surface area contributed by atoms with Gasteiger partial charge in [-0.3, -0.25) is 19.3 Å². The van der Waals surface area contributed by atoms with Crippen LogP contribution in [0.2, 0.25) is 0 Å². The van der Waals surface area contributed by atoms with Gasteiger partial charge in [0.15, 0.2) is 0 Å². The normalized spacial score (nSPS) is 14.0. The van der Waals surface area contributed by atoms with Crippen LogP contribution in [0, 0.1) is 0 Å². The molecule has 1 aliphatic heterocycles. The van der Waals surface area contributed by atoms with Gasteiger partial charge < -0.3 is 4.74 Å². The van der Waals surface area contributed by atoms with Crippen molar-refractivity contribution in [1.29, 1.82) is 0 Å². The van der Waals surface area contributed by atoms with Crippen LogP contribution in [-0.4, -0.2) is 29.3 Å². The van der Waals surface area contributed by atoms with Crippen molar-refractivity contribution in [2.24, 2.45) is 0 Å². The van der Waals surface area contributed by atoms with E-state index in [4.69, 9.17) is 4.74 Å². The molecule has 2 aromatic rings. The fourth-order valence-electron chi connectivity index (χ4n) is 3.11. The molecule has 1 aliphatic rings. The van der Waals surface area contributed by atoms with Gasteiger partial charge in [0.2, 0.25) is 0 Å². The average Bonchev–Trinajstić information content (AvgIpc) is 2.89. The third kappa shape index (κ3) is 4.31. The van der Waals surface area contributed by atoms with Crippen LogP contribution in [0.15, 0.2) is 71.8 Å². The highest BCUT2D eigenvalue weighted by molar-refractivity contribution is 6.20. The fraction of sp³-hybridized carbons (Fsp3) is 0.227. The molecule has 0 unspecified atom stereocenters. The van der Waals surface area contributed by atoms with Crippen LogP contribution in [0.3, 0.4) is 0 Å². The largest absolute Gasteiger partial charge is 0.466 e. The third-order valence-corrected chi connectivity index (χ3v) is 4.40. The van der Waals surface area contributed by atoms with Crippen molar-refractivity contribution in [1.82, 2.24) is 4.90 Å². The molecule has 1 heterocycles. The van der Waals surface area contributed by atoms with Gasteiger partial charge >= 0.3 is 5.97 Å². The van der Waals surface area contributed by atoms with Gasteiger partial charge in [0.05, 0.1) is 19.6 Å². The monoisotopic (exact) mass is 363 g/mol. The Hall–Kier alpha value is -3.21. The number of amides is 2. The number of rotatable bonds is 7. The lowest BCUT2D eigenvalue weighted by atomic mass is 10.00. The molecule has 5 nitrogen and oxygen atoms in total. The third-order valence-electron chi connectivity index (χ3n) is 4.40. The zero-order valence-electron chi connectivity index (χ0n) is 15.2. The first kappa shape index (κ1) is 18.6. The minimum atomic E-state index is -0.499. The zero-order chi connectivity index (χ0) is 19.2. The topological polar surface area (TPSA) is 63.7 Å². The number of imide groups is 1. The van der Waals surface area contributed by atoms with Gasteiger partial charge in [-0.2, -0.15) is 0 Å². The Kier molecular flexibility index (Phi) is 5.81. The Labute approximate surface area is 158 Å². The molecule has 0 radical (unpaired) electrons. The summed E-state index contributed by atoms with van der Waals surface area (Å²) in [6, 6.07) is 18.8. The lowest BCUT2D eigenvalue weighted by Gasteiger charge is -2.15. The number of carbonyl (C=O) groups is 3. The van der Waals surface area contributed by atoms with Gasteiger partial charge in [-0.25, -0.2) is 0 Å². The van der Waals surface area contributed by atoms with Crippen LogP contribution in [0.1, 0.15) is 24.5 Å². The maximum atomic E-state index is 13.0. The molecule has 0 aliphatic carbocycles. The molecule has 27 heavy (non-hydrogen) atoms. The van der Waals surface area contributed by atoms with E-state index in [1.807, 2.05) is 60.7 Å². The van der Waals surface area contributed by atoms with Gasteiger partial charge in [0.1, 0.15) is 0 Å². The quantitative estimate of drug-likeness (QED) is 0.560. The first-order valence-electron chi connectivity index (χ1n) is 8.91. The van der Waals surface area contributed by atoms with E-state index in [1.54, 1.807) is 6.92 Å².